The maximum absolute atomic E-state index is 11.6. The van der Waals surface area contributed by atoms with Gasteiger partial charge in [0.05, 0.1) is 30.9 Å². The zero-order chi connectivity index (χ0) is 16.4. The zero-order valence-corrected chi connectivity index (χ0v) is 13.2. The number of nitrogens with two attached hydrogens (primary N) is 1. The third-order valence-corrected chi connectivity index (χ3v) is 4.52. The van der Waals surface area contributed by atoms with Gasteiger partial charge in [-0.25, -0.2) is 4.98 Å². The fraction of sp³-hybridized carbons (Fsp3) is 0.667. The first kappa shape index (κ1) is 15.9. The van der Waals surface area contributed by atoms with Crippen LogP contribution in [0.3, 0.4) is 0 Å². The largest absolute Gasteiger partial charge is 0.393 e. The van der Waals surface area contributed by atoms with Gasteiger partial charge >= 0.3 is 0 Å². The predicted molar refractivity (Wildman–Crippen MR) is 85.2 cm³/mol. The normalized spacial score (nSPS) is 28.0. The van der Waals surface area contributed by atoms with Crippen LogP contribution >= 0.6 is 0 Å². The Kier molecular flexibility index (Phi) is 4.63. The van der Waals surface area contributed by atoms with Gasteiger partial charge < -0.3 is 26.2 Å². The second kappa shape index (κ2) is 6.67. The molecular weight excluding hydrogens is 298 g/mol. The molecular formula is C15H23N5O3. The Hall–Kier alpha value is -1.93. The number of aromatic nitrogens is 2. The van der Waals surface area contributed by atoms with E-state index in [1.165, 1.54) is 6.20 Å². The maximum atomic E-state index is 11.6. The van der Waals surface area contributed by atoms with Crippen LogP contribution in [-0.4, -0.2) is 52.4 Å². The lowest BCUT2D eigenvalue weighted by molar-refractivity contribution is 0.0208. The minimum atomic E-state index is -0.573. The van der Waals surface area contributed by atoms with Gasteiger partial charge in [-0.15, -0.1) is 0 Å². The molecule has 5 N–H and O–H groups in total. The summed E-state index contributed by atoms with van der Waals surface area (Å²) in [6, 6.07) is 0.258. The fourth-order valence-corrected chi connectivity index (χ4v) is 2.87. The van der Waals surface area contributed by atoms with Crippen LogP contribution in [0.2, 0.25) is 0 Å². The minimum Gasteiger partial charge on any atom is -0.393 e. The highest BCUT2D eigenvalue weighted by Crippen LogP contribution is 2.27. The first-order valence-corrected chi connectivity index (χ1v) is 7.98. The monoisotopic (exact) mass is 321 g/mol. The quantitative estimate of drug-likeness (QED) is 0.617. The number of carbonyl (C=O) groups is 1. The second-order valence-corrected chi connectivity index (χ2v) is 6.40. The van der Waals surface area contributed by atoms with Crippen molar-refractivity contribution in [3.63, 3.8) is 0 Å². The molecule has 0 spiro atoms. The van der Waals surface area contributed by atoms with E-state index in [2.05, 4.69) is 20.6 Å². The van der Waals surface area contributed by atoms with E-state index in [-0.39, 0.29) is 23.8 Å². The first-order chi connectivity index (χ1) is 11.0. The fourth-order valence-electron chi connectivity index (χ4n) is 2.87. The Morgan fingerprint density at radius 3 is 2.74 bits per heavy atom. The van der Waals surface area contributed by atoms with Crippen LogP contribution in [0.5, 0.6) is 0 Å². The van der Waals surface area contributed by atoms with Crippen molar-refractivity contribution in [2.45, 2.75) is 44.4 Å². The summed E-state index contributed by atoms with van der Waals surface area (Å²) in [6.45, 7) is 3.29. The molecule has 0 aromatic carbocycles. The number of anilines is 2. The maximum Gasteiger partial charge on any atom is 0.254 e. The Labute approximate surface area is 134 Å². The van der Waals surface area contributed by atoms with E-state index in [9.17, 15) is 9.90 Å². The second-order valence-electron chi connectivity index (χ2n) is 6.40. The Balaban J connectivity index is 1.74. The summed E-state index contributed by atoms with van der Waals surface area (Å²) in [5.74, 6) is 0.582. The van der Waals surface area contributed by atoms with E-state index in [1.807, 2.05) is 6.92 Å². The summed E-state index contributed by atoms with van der Waals surface area (Å²) in [5, 5.41) is 16.4. The summed E-state index contributed by atoms with van der Waals surface area (Å²) in [7, 11) is 0. The molecule has 1 aliphatic carbocycles. The molecule has 23 heavy (non-hydrogen) atoms. The molecule has 3 rings (SSSR count). The predicted octanol–water partition coefficient (Wildman–Crippen LogP) is 0.348. The highest BCUT2D eigenvalue weighted by Gasteiger charge is 2.27. The van der Waals surface area contributed by atoms with Crippen molar-refractivity contribution in [1.29, 1.82) is 0 Å². The average molecular weight is 321 g/mol. The van der Waals surface area contributed by atoms with Crippen LogP contribution in [0.25, 0.3) is 0 Å². The van der Waals surface area contributed by atoms with Crippen LogP contribution in [0.4, 0.5) is 11.8 Å². The number of aliphatic hydroxyl groups excluding tert-OH is 1. The Morgan fingerprint density at radius 1 is 1.35 bits per heavy atom. The average Bonchev–Trinajstić information content (AvgIpc) is 2.47. The lowest BCUT2D eigenvalue weighted by Crippen LogP contribution is -2.41. The molecule has 3 atom stereocenters. The zero-order valence-electron chi connectivity index (χ0n) is 13.2. The van der Waals surface area contributed by atoms with E-state index < -0.39 is 5.91 Å². The van der Waals surface area contributed by atoms with Crippen molar-refractivity contribution in [3.8, 4) is 0 Å². The van der Waals surface area contributed by atoms with Gasteiger partial charge in [-0.2, -0.15) is 4.98 Å². The summed E-state index contributed by atoms with van der Waals surface area (Å²) in [4.78, 5) is 20.1. The molecule has 0 radical (unpaired) electrons. The third kappa shape index (κ3) is 3.70. The molecule has 1 aliphatic heterocycles. The molecule has 0 bridgehead atoms. The van der Waals surface area contributed by atoms with Gasteiger partial charge in [0.2, 0.25) is 5.95 Å². The number of hydrogen-bond acceptors (Lipinski definition) is 7. The number of amides is 1. The molecule has 1 unspecified atom stereocenters. The molecule has 2 heterocycles. The molecule has 8 nitrogen and oxygen atoms in total. The number of rotatable bonds is 5. The van der Waals surface area contributed by atoms with E-state index in [4.69, 9.17) is 10.5 Å². The van der Waals surface area contributed by atoms with Crippen molar-refractivity contribution in [2.24, 2.45) is 11.7 Å². The van der Waals surface area contributed by atoms with Crippen LogP contribution in [0.1, 0.15) is 36.5 Å². The minimum absolute atomic E-state index is 0.0640. The Morgan fingerprint density at radius 2 is 2.13 bits per heavy atom. The van der Waals surface area contributed by atoms with Gasteiger partial charge in [-0.3, -0.25) is 4.79 Å². The standard InChI is InChI=1S/C15H23N5O3/c1-8-2-3-9(4-12(8)21)18-14-11(13(16)22)5-17-15(20-14)19-10-6-23-7-10/h5,8-10,12,21H,2-4,6-7H2,1H3,(H2,16,22)(H2,17,18,19,20)/t8-,9?,12-/m1/s1. The number of aliphatic hydroxyl groups is 1. The van der Waals surface area contributed by atoms with Crippen molar-refractivity contribution >= 4 is 17.7 Å². The summed E-state index contributed by atoms with van der Waals surface area (Å²) >= 11 is 0. The molecule has 1 amide bonds. The number of hydrogen-bond donors (Lipinski definition) is 4. The number of nitrogens with one attached hydrogen (secondary N) is 2. The molecule has 2 fully saturated rings. The van der Waals surface area contributed by atoms with Crippen molar-refractivity contribution in [2.75, 3.05) is 23.8 Å². The molecule has 1 aromatic heterocycles. The lowest BCUT2D eigenvalue weighted by Gasteiger charge is -2.32. The Bertz CT molecular complexity index is 578. The topological polar surface area (TPSA) is 122 Å². The number of nitrogens with zero attached hydrogens (tertiary/aromatic N) is 2. The summed E-state index contributed by atoms with van der Waals surface area (Å²) in [5.41, 5.74) is 5.67. The first-order valence-electron chi connectivity index (χ1n) is 7.98. The van der Waals surface area contributed by atoms with Gasteiger partial charge in [0.15, 0.2) is 0 Å². The third-order valence-electron chi connectivity index (χ3n) is 4.52. The molecule has 8 heteroatoms. The van der Waals surface area contributed by atoms with Gasteiger partial charge in [0.25, 0.3) is 5.91 Å². The van der Waals surface area contributed by atoms with Crippen molar-refractivity contribution in [3.05, 3.63) is 11.8 Å². The lowest BCUT2D eigenvalue weighted by atomic mass is 9.85. The van der Waals surface area contributed by atoms with Gasteiger partial charge in [0.1, 0.15) is 5.82 Å². The van der Waals surface area contributed by atoms with Gasteiger partial charge in [-0.1, -0.05) is 6.92 Å². The van der Waals surface area contributed by atoms with Gasteiger partial charge in [0, 0.05) is 12.2 Å². The molecule has 1 aromatic rings. The van der Waals surface area contributed by atoms with Crippen molar-refractivity contribution < 1.29 is 14.6 Å². The highest BCUT2D eigenvalue weighted by atomic mass is 16.5. The smallest absolute Gasteiger partial charge is 0.254 e. The van der Waals surface area contributed by atoms with Crippen LogP contribution in [-0.2, 0) is 4.74 Å². The van der Waals surface area contributed by atoms with Crippen molar-refractivity contribution in [1.82, 2.24) is 9.97 Å². The summed E-state index contributed by atoms with van der Waals surface area (Å²) in [6.07, 6.45) is 3.56. The molecule has 1 saturated heterocycles. The van der Waals surface area contributed by atoms with Crippen LogP contribution < -0.4 is 16.4 Å². The van der Waals surface area contributed by atoms with E-state index in [1.54, 1.807) is 0 Å². The number of carbonyl (C=O) groups excluding carboxylic acids is 1. The number of primary amides is 1. The molecule has 2 aliphatic rings. The van der Waals surface area contributed by atoms with E-state index in [0.29, 0.717) is 37.3 Å². The van der Waals surface area contributed by atoms with Crippen LogP contribution in [0, 0.1) is 5.92 Å². The molecule has 1 saturated carbocycles. The summed E-state index contributed by atoms with van der Waals surface area (Å²) < 4.78 is 5.11. The highest BCUT2D eigenvalue weighted by molar-refractivity contribution is 5.97. The molecule has 126 valence electrons. The SMILES string of the molecule is C[C@@H]1CCC(Nc2nc(NC3COC3)ncc2C(N)=O)C[C@H]1O. The van der Waals surface area contributed by atoms with E-state index in [0.717, 1.165) is 12.8 Å². The number of ether oxygens (including phenoxy) is 1. The van der Waals surface area contributed by atoms with Crippen LogP contribution in [0.15, 0.2) is 6.20 Å². The van der Waals surface area contributed by atoms with Gasteiger partial charge in [-0.05, 0) is 25.2 Å². The van der Waals surface area contributed by atoms with E-state index >= 15 is 0 Å².